The van der Waals surface area contributed by atoms with Gasteiger partial charge in [-0.2, -0.15) is 5.26 Å². The van der Waals surface area contributed by atoms with Gasteiger partial charge in [0.05, 0.1) is 11.3 Å². The van der Waals surface area contributed by atoms with Crippen LogP contribution in [0.3, 0.4) is 0 Å². The number of aryl methyl sites for hydroxylation is 1. The summed E-state index contributed by atoms with van der Waals surface area (Å²) in [6.07, 6.45) is 1.10. The summed E-state index contributed by atoms with van der Waals surface area (Å²) in [5.74, 6) is 0. The highest BCUT2D eigenvalue weighted by Gasteiger charge is 2.10. The Hall–Kier alpha value is -1.49. The molecular weight excluding hydrogens is 184 g/mol. The van der Waals surface area contributed by atoms with Crippen molar-refractivity contribution in [1.29, 1.82) is 5.26 Å². The van der Waals surface area contributed by atoms with E-state index in [0.717, 1.165) is 36.3 Å². The molecule has 1 rings (SSSR count). The first kappa shape index (κ1) is 11.6. The molecule has 0 unspecified atom stereocenters. The van der Waals surface area contributed by atoms with Gasteiger partial charge in [-0.3, -0.25) is 0 Å². The third kappa shape index (κ3) is 2.50. The second-order valence-electron chi connectivity index (χ2n) is 3.66. The standard InChI is InChI=1S/C13H18N2/c1-4-9-15(5-2)13-8-6-7-11(3)12(13)10-14/h6-8H,4-5,9H2,1-3H3. The Kier molecular flexibility index (Phi) is 4.17. The molecular formula is C13H18N2. The summed E-state index contributed by atoms with van der Waals surface area (Å²) in [4.78, 5) is 2.26. The van der Waals surface area contributed by atoms with Crippen molar-refractivity contribution in [1.82, 2.24) is 0 Å². The van der Waals surface area contributed by atoms with E-state index in [0.29, 0.717) is 0 Å². The van der Waals surface area contributed by atoms with E-state index in [1.54, 1.807) is 0 Å². The quantitative estimate of drug-likeness (QED) is 0.750. The van der Waals surface area contributed by atoms with Crippen LogP contribution in [0.15, 0.2) is 18.2 Å². The molecule has 0 aliphatic rings. The molecule has 0 aliphatic heterocycles. The van der Waals surface area contributed by atoms with Crippen LogP contribution >= 0.6 is 0 Å². The van der Waals surface area contributed by atoms with Gasteiger partial charge in [0.1, 0.15) is 6.07 Å². The smallest absolute Gasteiger partial charge is 0.102 e. The minimum Gasteiger partial charge on any atom is -0.371 e. The van der Waals surface area contributed by atoms with Gasteiger partial charge in [-0.15, -0.1) is 0 Å². The van der Waals surface area contributed by atoms with E-state index >= 15 is 0 Å². The van der Waals surface area contributed by atoms with Crippen LogP contribution < -0.4 is 4.90 Å². The molecule has 0 N–H and O–H groups in total. The highest BCUT2D eigenvalue weighted by Crippen LogP contribution is 2.22. The topological polar surface area (TPSA) is 27.0 Å². The lowest BCUT2D eigenvalue weighted by Crippen LogP contribution is -2.24. The van der Waals surface area contributed by atoms with E-state index in [4.69, 9.17) is 5.26 Å². The molecule has 15 heavy (non-hydrogen) atoms. The van der Waals surface area contributed by atoms with E-state index in [-0.39, 0.29) is 0 Å². The van der Waals surface area contributed by atoms with Crippen LogP contribution in [-0.4, -0.2) is 13.1 Å². The van der Waals surface area contributed by atoms with Crippen LogP contribution in [0.5, 0.6) is 0 Å². The normalized spacial score (nSPS) is 9.73. The minimum atomic E-state index is 0.813. The zero-order valence-electron chi connectivity index (χ0n) is 9.75. The second kappa shape index (κ2) is 5.41. The fourth-order valence-electron chi connectivity index (χ4n) is 1.78. The maximum Gasteiger partial charge on any atom is 0.102 e. The predicted octanol–water partition coefficient (Wildman–Crippen LogP) is 3.10. The molecule has 0 aromatic heterocycles. The molecule has 0 amide bonds. The third-order valence-electron chi connectivity index (χ3n) is 2.58. The number of hydrogen-bond acceptors (Lipinski definition) is 2. The lowest BCUT2D eigenvalue weighted by molar-refractivity contribution is 0.790. The second-order valence-corrected chi connectivity index (χ2v) is 3.66. The van der Waals surface area contributed by atoms with Gasteiger partial charge in [-0.1, -0.05) is 19.1 Å². The average molecular weight is 202 g/mol. The minimum absolute atomic E-state index is 0.813. The van der Waals surface area contributed by atoms with E-state index in [1.807, 2.05) is 25.1 Å². The van der Waals surface area contributed by atoms with Crippen molar-refractivity contribution in [3.63, 3.8) is 0 Å². The van der Waals surface area contributed by atoms with Gasteiger partial charge in [0, 0.05) is 13.1 Å². The van der Waals surface area contributed by atoms with E-state index < -0.39 is 0 Å². The summed E-state index contributed by atoms with van der Waals surface area (Å²) in [5, 5.41) is 9.14. The first-order valence-corrected chi connectivity index (χ1v) is 5.49. The average Bonchev–Trinajstić information content (AvgIpc) is 2.25. The first-order chi connectivity index (χ1) is 7.24. The van der Waals surface area contributed by atoms with E-state index in [1.165, 1.54) is 0 Å². The van der Waals surface area contributed by atoms with Gasteiger partial charge in [-0.25, -0.2) is 0 Å². The van der Waals surface area contributed by atoms with Crippen LogP contribution in [0.25, 0.3) is 0 Å². The van der Waals surface area contributed by atoms with Crippen LogP contribution in [0.4, 0.5) is 5.69 Å². The molecule has 0 bridgehead atoms. The number of hydrogen-bond donors (Lipinski definition) is 0. The van der Waals surface area contributed by atoms with Crippen LogP contribution in [0, 0.1) is 18.3 Å². The molecule has 0 spiro atoms. The number of nitriles is 1. The number of benzene rings is 1. The van der Waals surface area contributed by atoms with Crippen molar-refractivity contribution in [2.24, 2.45) is 0 Å². The molecule has 0 aliphatic carbocycles. The molecule has 2 heteroatoms. The van der Waals surface area contributed by atoms with Gasteiger partial charge >= 0.3 is 0 Å². The zero-order valence-corrected chi connectivity index (χ0v) is 9.75. The van der Waals surface area contributed by atoms with Gasteiger partial charge in [0.25, 0.3) is 0 Å². The summed E-state index contributed by atoms with van der Waals surface area (Å²) < 4.78 is 0. The van der Waals surface area contributed by atoms with Crippen molar-refractivity contribution in [3.05, 3.63) is 29.3 Å². The largest absolute Gasteiger partial charge is 0.371 e. The highest BCUT2D eigenvalue weighted by atomic mass is 15.1. The third-order valence-corrected chi connectivity index (χ3v) is 2.58. The van der Waals surface area contributed by atoms with Crippen molar-refractivity contribution in [2.75, 3.05) is 18.0 Å². The summed E-state index contributed by atoms with van der Waals surface area (Å²) in [6.45, 7) is 8.23. The first-order valence-electron chi connectivity index (χ1n) is 5.49. The van der Waals surface area contributed by atoms with Crippen LogP contribution in [-0.2, 0) is 0 Å². The monoisotopic (exact) mass is 202 g/mol. The number of nitrogens with zero attached hydrogens (tertiary/aromatic N) is 2. The highest BCUT2D eigenvalue weighted by molar-refractivity contribution is 5.62. The molecule has 0 radical (unpaired) electrons. The molecule has 1 aromatic rings. The lowest BCUT2D eigenvalue weighted by Gasteiger charge is -2.24. The Labute approximate surface area is 92.1 Å². The molecule has 80 valence electrons. The molecule has 0 saturated carbocycles. The van der Waals surface area contributed by atoms with Crippen molar-refractivity contribution in [3.8, 4) is 6.07 Å². The molecule has 1 aromatic carbocycles. The summed E-state index contributed by atoms with van der Waals surface area (Å²) in [7, 11) is 0. The predicted molar refractivity (Wildman–Crippen MR) is 64.1 cm³/mol. The summed E-state index contributed by atoms with van der Waals surface area (Å²) in [6, 6.07) is 8.33. The van der Waals surface area contributed by atoms with Crippen molar-refractivity contribution < 1.29 is 0 Å². The van der Waals surface area contributed by atoms with Gasteiger partial charge < -0.3 is 4.90 Å². The summed E-state index contributed by atoms with van der Waals surface area (Å²) >= 11 is 0. The zero-order chi connectivity index (χ0) is 11.3. The van der Waals surface area contributed by atoms with Crippen molar-refractivity contribution in [2.45, 2.75) is 27.2 Å². The Morgan fingerprint density at radius 3 is 2.60 bits per heavy atom. The molecule has 0 saturated heterocycles. The fraction of sp³-hybridized carbons (Fsp3) is 0.462. The summed E-state index contributed by atoms with van der Waals surface area (Å²) in [5.41, 5.74) is 2.94. The maximum absolute atomic E-state index is 9.14. The van der Waals surface area contributed by atoms with E-state index in [2.05, 4.69) is 24.8 Å². The maximum atomic E-state index is 9.14. The van der Waals surface area contributed by atoms with Crippen LogP contribution in [0.2, 0.25) is 0 Å². The Morgan fingerprint density at radius 1 is 1.33 bits per heavy atom. The Bertz CT molecular complexity index is 363. The molecule has 0 heterocycles. The SMILES string of the molecule is CCCN(CC)c1cccc(C)c1C#N. The fourth-order valence-corrected chi connectivity index (χ4v) is 1.78. The van der Waals surface area contributed by atoms with Crippen molar-refractivity contribution >= 4 is 5.69 Å². The van der Waals surface area contributed by atoms with Gasteiger partial charge in [-0.05, 0) is 31.9 Å². The van der Waals surface area contributed by atoms with Gasteiger partial charge in [0.2, 0.25) is 0 Å². The van der Waals surface area contributed by atoms with Gasteiger partial charge in [0.15, 0.2) is 0 Å². The molecule has 0 atom stereocenters. The lowest BCUT2D eigenvalue weighted by atomic mass is 10.1. The van der Waals surface area contributed by atoms with E-state index in [9.17, 15) is 0 Å². The number of anilines is 1. The van der Waals surface area contributed by atoms with Crippen LogP contribution in [0.1, 0.15) is 31.4 Å². The molecule has 2 nitrogen and oxygen atoms in total. The molecule has 0 fully saturated rings. The number of rotatable bonds is 4. The Morgan fingerprint density at radius 2 is 2.07 bits per heavy atom. The Balaban J connectivity index is 3.12.